The summed E-state index contributed by atoms with van der Waals surface area (Å²) >= 11 is 0. The van der Waals surface area contributed by atoms with Crippen LogP contribution in [0.2, 0.25) is 0 Å². The topological polar surface area (TPSA) is 69.6 Å². The van der Waals surface area contributed by atoms with Gasteiger partial charge in [-0.2, -0.15) is 0 Å². The molecule has 2 aromatic rings. The van der Waals surface area contributed by atoms with Gasteiger partial charge in [0.1, 0.15) is 0 Å². The molecular formula is C18H21NO3. The number of amides is 1. The Morgan fingerprint density at radius 2 is 1.86 bits per heavy atom. The second-order valence-corrected chi connectivity index (χ2v) is 5.44. The number of phenols is 2. The van der Waals surface area contributed by atoms with Gasteiger partial charge in [-0.15, -0.1) is 0 Å². The van der Waals surface area contributed by atoms with Gasteiger partial charge in [0.05, 0.1) is 6.42 Å². The van der Waals surface area contributed by atoms with E-state index in [1.54, 1.807) is 6.07 Å². The SMILES string of the molecule is Cc1cccc(CCCNC(=O)Cc2ccc(O)c(O)c2)c1. The van der Waals surface area contributed by atoms with Crippen molar-refractivity contribution < 1.29 is 15.0 Å². The largest absolute Gasteiger partial charge is 0.504 e. The minimum absolute atomic E-state index is 0.0886. The van der Waals surface area contributed by atoms with E-state index in [0.717, 1.165) is 12.8 Å². The number of hydrogen-bond donors (Lipinski definition) is 3. The van der Waals surface area contributed by atoms with Crippen LogP contribution >= 0.6 is 0 Å². The summed E-state index contributed by atoms with van der Waals surface area (Å²) in [5.41, 5.74) is 3.19. The first-order valence-electron chi connectivity index (χ1n) is 7.37. The summed E-state index contributed by atoms with van der Waals surface area (Å²) in [5, 5.41) is 21.5. The van der Waals surface area contributed by atoms with E-state index >= 15 is 0 Å². The second-order valence-electron chi connectivity index (χ2n) is 5.44. The molecule has 4 heteroatoms. The summed E-state index contributed by atoms with van der Waals surface area (Å²) < 4.78 is 0. The standard InChI is InChI=1S/C18H21NO3/c1-13-4-2-5-14(10-13)6-3-9-19-18(22)12-15-7-8-16(20)17(21)11-15/h2,4-5,7-8,10-11,20-21H,3,6,9,12H2,1H3,(H,19,22). The van der Waals surface area contributed by atoms with Gasteiger partial charge in [-0.25, -0.2) is 0 Å². The van der Waals surface area contributed by atoms with Crippen LogP contribution in [0, 0.1) is 6.92 Å². The molecule has 2 aromatic carbocycles. The van der Waals surface area contributed by atoms with E-state index in [1.165, 1.54) is 23.3 Å². The van der Waals surface area contributed by atoms with Gasteiger partial charge in [0, 0.05) is 6.54 Å². The third-order valence-corrected chi connectivity index (χ3v) is 3.45. The molecule has 4 nitrogen and oxygen atoms in total. The molecule has 22 heavy (non-hydrogen) atoms. The molecule has 0 fully saturated rings. The second kappa shape index (κ2) is 7.50. The van der Waals surface area contributed by atoms with Gasteiger partial charge in [-0.1, -0.05) is 35.9 Å². The lowest BCUT2D eigenvalue weighted by Crippen LogP contribution is -2.26. The average molecular weight is 299 g/mol. The maximum absolute atomic E-state index is 11.8. The van der Waals surface area contributed by atoms with Crippen molar-refractivity contribution in [1.29, 1.82) is 0 Å². The summed E-state index contributed by atoms with van der Waals surface area (Å²) in [4.78, 5) is 11.8. The highest BCUT2D eigenvalue weighted by atomic mass is 16.3. The van der Waals surface area contributed by atoms with Crippen LogP contribution in [-0.2, 0) is 17.6 Å². The minimum Gasteiger partial charge on any atom is -0.504 e. The molecule has 0 spiro atoms. The Morgan fingerprint density at radius 1 is 1.05 bits per heavy atom. The van der Waals surface area contributed by atoms with Crippen LogP contribution in [0.25, 0.3) is 0 Å². The number of aromatic hydroxyl groups is 2. The van der Waals surface area contributed by atoms with Crippen molar-refractivity contribution in [3.05, 3.63) is 59.2 Å². The van der Waals surface area contributed by atoms with Gasteiger partial charge in [0.2, 0.25) is 5.91 Å². The zero-order chi connectivity index (χ0) is 15.9. The van der Waals surface area contributed by atoms with E-state index in [1.807, 2.05) is 6.07 Å². The molecule has 0 heterocycles. The van der Waals surface area contributed by atoms with Gasteiger partial charge >= 0.3 is 0 Å². The highest BCUT2D eigenvalue weighted by Crippen LogP contribution is 2.24. The van der Waals surface area contributed by atoms with Crippen LogP contribution in [0.15, 0.2) is 42.5 Å². The molecule has 3 N–H and O–H groups in total. The molecule has 0 aliphatic rings. The van der Waals surface area contributed by atoms with Gasteiger partial charge < -0.3 is 15.5 Å². The van der Waals surface area contributed by atoms with Crippen molar-refractivity contribution in [3.8, 4) is 11.5 Å². The van der Waals surface area contributed by atoms with Crippen LogP contribution in [-0.4, -0.2) is 22.7 Å². The molecule has 0 aromatic heterocycles. The molecule has 0 bridgehead atoms. The van der Waals surface area contributed by atoms with Crippen molar-refractivity contribution in [2.75, 3.05) is 6.54 Å². The number of nitrogens with one attached hydrogen (secondary N) is 1. The normalized spacial score (nSPS) is 10.4. The first-order chi connectivity index (χ1) is 10.5. The molecule has 0 atom stereocenters. The molecule has 0 unspecified atom stereocenters. The monoisotopic (exact) mass is 299 g/mol. The molecular weight excluding hydrogens is 278 g/mol. The zero-order valence-electron chi connectivity index (χ0n) is 12.7. The molecule has 0 radical (unpaired) electrons. The summed E-state index contributed by atoms with van der Waals surface area (Å²) in [5.74, 6) is -0.471. The van der Waals surface area contributed by atoms with E-state index in [2.05, 4.69) is 30.4 Å². The fourth-order valence-electron chi connectivity index (χ4n) is 2.31. The van der Waals surface area contributed by atoms with E-state index in [-0.39, 0.29) is 23.8 Å². The number of benzene rings is 2. The molecule has 0 saturated heterocycles. The van der Waals surface area contributed by atoms with Gasteiger partial charge in [-0.3, -0.25) is 4.79 Å². The third-order valence-electron chi connectivity index (χ3n) is 3.45. The van der Waals surface area contributed by atoms with E-state index in [4.69, 9.17) is 0 Å². The lowest BCUT2D eigenvalue weighted by atomic mass is 10.1. The van der Waals surface area contributed by atoms with Crippen molar-refractivity contribution >= 4 is 5.91 Å². The van der Waals surface area contributed by atoms with Gasteiger partial charge in [0.25, 0.3) is 0 Å². The number of phenolic OH excluding ortho intramolecular Hbond substituents is 2. The molecule has 2 rings (SSSR count). The number of rotatable bonds is 6. The van der Waals surface area contributed by atoms with Gasteiger partial charge in [-0.05, 0) is 43.0 Å². The van der Waals surface area contributed by atoms with Crippen LogP contribution < -0.4 is 5.32 Å². The highest BCUT2D eigenvalue weighted by Gasteiger charge is 2.06. The maximum Gasteiger partial charge on any atom is 0.224 e. The van der Waals surface area contributed by atoms with Crippen molar-refractivity contribution in [1.82, 2.24) is 5.32 Å². The van der Waals surface area contributed by atoms with Crippen LogP contribution in [0.4, 0.5) is 0 Å². The zero-order valence-corrected chi connectivity index (χ0v) is 12.7. The Kier molecular flexibility index (Phi) is 5.42. The fraction of sp³-hybridized carbons (Fsp3) is 0.278. The predicted octanol–water partition coefficient (Wildman–Crippen LogP) is 2.70. The van der Waals surface area contributed by atoms with E-state index in [0.29, 0.717) is 12.1 Å². The highest BCUT2D eigenvalue weighted by molar-refractivity contribution is 5.78. The molecule has 0 saturated carbocycles. The van der Waals surface area contributed by atoms with Gasteiger partial charge in [0.15, 0.2) is 11.5 Å². The summed E-state index contributed by atoms with van der Waals surface area (Å²) in [6.45, 7) is 2.69. The smallest absolute Gasteiger partial charge is 0.224 e. The number of aryl methyl sites for hydroxylation is 2. The molecule has 116 valence electrons. The molecule has 0 aliphatic carbocycles. The van der Waals surface area contributed by atoms with Crippen LogP contribution in [0.3, 0.4) is 0 Å². The number of hydrogen-bond acceptors (Lipinski definition) is 3. The minimum atomic E-state index is -0.204. The first-order valence-corrected chi connectivity index (χ1v) is 7.37. The quantitative estimate of drug-likeness (QED) is 0.567. The Labute approximate surface area is 130 Å². The Morgan fingerprint density at radius 3 is 2.59 bits per heavy atom. The fourth-order valence-corrected chi connectivity index (χ4v) is 2.31. The third kappa shape index (κ3) is 4.81. The average Bonchev–Trinajstić information content (AvgIpc) is 2.48. The Balaban J connectivity index is 1.72. The number of carbonyl (C=O) groups is 1. The van der Waals surface area contributed by atoms with Crippen molar-refractivity contribution in [2.24, 2.45) is 0 Å². The lowest BCUT2D eigenvalue weighted by molar-refractivity contribution is -0.120. The molecule has 1 amide bonds. The summed E-state index contributed by atoms with van der Waals surface area (Å²) in [6, 6.07) is 12.8. The van der Waals surface area contributed by atoms with Crippen molar-refractivity contribution in [2.45, 2.75) is 26.2 Å². The maximum atomic E-state index is 11.8. The van der Waals surface area contributed by atoms with Crippen LogP contribution in [0.5, 0.6) is 11.5 Å². The Bertz CT molecular complexity index is 653. The van der Waals surface area contributed by atoms with Crippen molar-refractivity contribution in [3.63, 3.8) is 0 Å². The summed E-state index contributed by atoms with van der Waals surface area (Å²) in [6.07, 6.45) is 2.01. The Hall–Kier alpha value is -2.49. The van der Waals surface area contributed by atoms with Crippen LogP contribution in [0.1, 0.15) is 23.1 Å². The lowest BCUT2D eigenvalue weighted by Gasteiger charge is -2.07. The first kappa shape index (κ1) is 15.9. The van der Waals surface area contributed by atoms with E-state index < -0.39 is 0 Å². The predicted molar refractivity (Wildman–Crippen MR) is 86.0 cm³/mol. The molecule has 0 aliphatic heterocycles. The van der Waals surface area contributed by atoms with E-state index in [9.17, 15) is 15.0 Å². The number of carbonyl (C=O) groups excluding carboxylic acids is 1. The summed E-state index contributed by atoms with van der Waals surface area (Å²) in [7, 11) is 0.